The van der Waals surface area contributed by atoms with Gasteiger partial charge in [0.15, 0.2) is 0 Å². The molecule has 0 aromatic heterocycles. The van der Waals surface area contributed by atoms with Crippen LogP contribution in [-0.4, -0.2) is 0 Å². The molecule has 0 fully saturated rings. The predicted molar refractivity (Wildman–Crippen MR) is 27.5 cm³/mol. The molecule has 0 aliphatic heterocycles. The Bertz CT molecular complexity index is 20.0. The van der Waals surface area contributed by atoms with Crippen LogP contribution in [0.1, 0.15) is 0 Å². The van der Waals surface area contributed by atoms with Crippen LogP contribution in [-0.2, 0) is 14.7 Å². The van der Waals surface area contributed by atoms with Gasteiger partial charge in [0.2, 0.25) is 0 Å². The molecule has 36 valence electrons. The number of hydrogen-bond donors (Lipinski definition) is 0. The van der Waals surface area contributed by atoms with Gasteiger partial charge in [-0.15, -0.1) is 0 Å². The first-order chi connectivity index (χ1) is 2.73. The first-order valence-corrected chi connectivity index (χ1v) is 7.42. The van der Waals surface area contributed by atoms with Crippen molar-refractivity contribution in [3.8, 4) is 0 Å². The molecule has 0 spiro atoms. The average Bonchev–Trinajstić information content (AvgIpc) is 1.41. The first-order valence-electron chi connectivity index (χ1n) is 0.975. The van der Waals surface area contributed by atoms with Gasteiger partial charge in [-0.1, -0.05) is 0 Å². The zero-order chi connectivity index (χ0) is 5.58. The second-order valence-electron chi connectivity index (χ2n) is 0.214. The Balaban J connectivity index is 0. The van der Waals surface area contributed by atoms with Crippen molar-refractivity contribution in [3.63, 3.8) is 0 Å². The summed E-state index contributed by atoms with van der Waals surface area (Å²) in [6.07, 6.45) is 0. The standard InChI is InChI=1S/C2H3.3ClH.Ti/c1-2;;;;/h1H,2H2;3*1H;/q-1;;;;+4/p-3. The van der Waals surface area contributed by atoms with Gasteiger partial charge in [-0.05, 0) is 0 Å². The van der Waals surface area contributed by atoms with Crippen LogP contribution in [0.3, 0.4) is 0 Å². The van der Waals surface area contributed by atoms with Crippen molar-refractivity contribution in [2.45, 2.75) is 0 Å². The molecule has 0 heterocycles. The molecule has 4 heteroatoms. The Morgan fingerprint density at radius 3 is 1.17 bits per heavy atom. The predicted octanol–water partition coefficient (Wildman–Crippen LogP) is 2.67. The molecule has 0 aliphatic rings. The van der Waals surface area contributed by atoms with E-state index in [2.05, 4.69) is 13.2 Å². The van der Waals surface area contributed by atoms with E-state index in [9.17, 15) is 0 Å². The van der Waals surface area contributed by atoms with Crippen molar-refractivity contribution in [2.24, 2.45) is 0 Å². The van der Waals surface area contributed by atoms with Gasteiger partial charge in [-0.2, -0.15) is 0 Å². The summed E-state index contributed by atoms with van der Waals surface area (Å²) in [4.78, 5) is 0. The third kappa shape index (κ3) is 56.8. The van der Waals surface area contributed by atoms with Crippen molar-refractivity contribution in [2.75, 3.05) is 0 Å². The molecule has 0 aliphatic carbocycles. The van der Waals surface area contributed by atoms with E-state index in [0.29, 0.717) is 0 Å². The van der Waals surface area contributed by atoms with Crippen molar-refractivity contribution >= 4 is 27.9 Å². The molecule has 0 saturated carbocycles. The number of rotatable bonds is 0. The summed E-state index contributed by atoms with van der Waals surface area (Å²) >= 11 is -1.92. The van der Waals surface area contributed by atoms with Crippen LogP contribution in [0.15, 0.2) is 6.58 Å². The summed E-state index contributed by atoms with van der Waals surface area (Å²) in [5.74, 6) is 0. The summed E-state index contributed by atoms with van der Waals surface area (Å²) < 4.78 is 0. The minimum atomic E-state index is -1.92. The molecule has 0 nitrogen and oxygen atoms in total. The van der Waals surface area contributed by atoms with Crippen LogP contribution in [0.4, 0.5) is 0 Å². The maximum atomic E-state index is 4.97. The first kappa shape index (κ1) is 10.3. The molecular formula is C2H3Cl3Ti. The molecule has 0 atom stereocenters. The minimum absolute atomic E-state index is 1.92. The van der Waals surface area contributed by atoms with Crippen LogP contribution in [0, 0.1) is 6.58 Å². The molecule has 0 unspecified atom stereocenters. The maximum absolute atomic E-state index is 4.97. The molecule has 0 saturated heterocycles. The third-order valence-corrected chi connectivity index (χ3v) is 0. The Morgan fingerprint density at radius 2 is 1.17 bits per heavy atom. The van der Waals surface area contributed by atoms with Crippen molar-refractivity contribution < 1.29 is 14.7 Å². The fourth-order valence-electron chi connectivity index (χ4n) is 0. The normalized spacial score (nSPS) is 5.17. The van der Waals surface area contributed by atoms with Crippen molar-refractivity contribution in [1.29, 1.82) is 0 Å². The van der Waals surface area contributed by atoms with E-state index in [4.69, 9.17) is 27.9 Å². The summed E-state index contributed by atoms with van der Waals surface area (Å²) in [6, 6.07) is 0. The fraction of sp³-hybridized carbons (Fsp3) is 0. The van der Waals surface area contributed by atoms with E-state index >= 15 is 0 Å². The summed E-state index contributed by atoms with van der Waals surface area (Å²) in [7, 11) is 14.9. The zero-order valence-electron chi connectivity index (χ0n) is 2.92. The molecule has 0 amide bonds. The Labute approximate surface area is 55.5 Å². The number of halogens is 3. The molecule has 0 rings (SSSR count). The summed E-state index contributed by atoms with van der Waals surface area (Å²) in [5, 5.41) is 0. The topological polar surface area (TPSA) is 0 Å². The van der Waals surface area contributed by atoms with Crippen LogP contribution < -0.4 is 0 Å². The van der Waals surface area contributed by atoms with Crippen LogP contribution in [0.5, 0.6) is 0 Å². The zero-order valence-corrected chi connectivity index (χ0v) is 6.75. The van der Waals surface area contributed by atoms with E-state index in [0.717, 1.165) is 0 Å². The van der Waals surface area contributed by atoms with Crippen molar-refractivity contribution in [3.05, 3.63) is 13.2 Å². The van der Waals surface area contributed by atoms with Gasteiger partial charge in [0.05, 0.1) is 0 Å². The van der Waals surface area contributed by atoms with Crippen LogP contribution >= 0.6 is 27.9 Å². The quantitative estimate of drug-likeness (QED) is 0.398. The average molecular weight is 181 g/mol. The second-order valence-corrected chi connectivity index (χ2v) is 7.95. The van der Waals surface area contributed by atoms with Gasteiger partial charge >= 0.3 is 42.6 Å². The summed E-state index contributed by atoms with van der Waals surface area (Å²) in [6.45, 7) is 7.00. The van der Waals surface area contributed by atoms with E-state index < -0.39 is 14.7 Å². The molecule has 0 bridgehead atoms. The van der Waals surface area contributed by atoms with Gasteiger partial charge < -0.3 is 6.58 Å². The Kier molecular flexibility index (Phi) is 16.5. The van der Waals surface area contributed by atoms with E-state index in [1.807, 2.05) is 0 Å². The van der Waals surface area contributed by atoms with Crippen LogP contribution in [0.2, 0.25) is 0 Å². The number of hydrogen-bond acceptors (Lipinski definition) is 0. The fourth-order valence-corrected chi connectivity index (χ4v) is 0. The summed E-state index contributed by atoms with van der Waals surface area (Å²) in [5.41, 5.74) is 0. The molecule has 0 radical (unpaired) electrons. The van der Waals surface area contributed by atoms with Gasteiger partial charge in [0.1, 0.15) is 0 Å². The van der Waals surface area contributed by atoms with Crippen molar-refractivity contribution in [1.82, 2.24) is 0 Å². The second kappa shape index (κ2) is 9.59. The molecule has 0 aromatic carbocycles. The molecule has 0 aromatic rings. The van der Waals surface area contributed by atoms with Gasteiger partial charge in [0, 0.05) is 0 Å². The van der Waals surface area contributed by atoms with Crippen LogP contribution in [0.25, 0.3) is 0 Å². The van der Waals surface area contributed by atoms with Gasteiger partial charge in [-0.3, -0.25) is 6.58 Å². The Hall–Kier alpha value is 1.32. The van der Waals surface area contributed by atoms with E-state index in [1.54, 1.807) is 0 Å². The molecule has 6 heavy (non-hydrogen) atoms. The Morgan fingerprint density at radius 1 is 1.17 bits per heavy atom. The van der Waals surface area contributed by atoms with Gasteiger partial charge in [0.25, 0.3) is 0 Å². The van der Waals surface area contributed by atoms with E-state index in [-0.39, 0.29) is 0 Å². The molecule has 0 N–H and O–H groups in total. The van der Waals surface area contributed by atoms with E-state index in [1.165, 1.54) is 0 Å². The third-order valence-electron chi connectivity index (χ3n) is 0. The monoisotopic (exact) mass is 180 g/mol. The molecular weight excluding hydrogens is 178 g/mol. The SMILES string of the molecule is [CH-]=C.[Cl][Ti+]([Cl])[Cl]. The van der Waals surface area contributed by atoms with Gasteiger partial charge in [-0.25, -0.2) is 0 Å².